The molecule has 0 amide bonds. The van der Waals surface area contributed by atoms with Crippen LogP contribution in [0.25, 0.3) is 0 Å². The van der Waals surface area contributed by atoms with Gasteiger partial charge in [-0.05, 0) is 42.8 Å². The van der Waals surface area contributed by atoms with Gasteiger partial charge in [0.25, 0.3) is 0 Å². The molecule has 1 atom stereocenters. The molecule has 0 fully saturated rings. The maximum atomic E-state index is 13.4. The van der Waals surface area contributed by atoms with Gasteiger partial charge in [0, 0.05) is 0 Å². The minimum absolute atomic E-state index is 0.0817. The summed E-state index contributed by atoms with van der Waals surface area (Å²) < 4.78 is 54.5. The van der Waals surface area contributed by atoms with E-state index in [9.17, 15) is 16.8 Å². The molecule has 3 aromatic rings. The lowest BCUT2D eigenvalue weighted by molar-refractivity contribution is 0.417. The van der Waals surface area contributed by atoms with E-state index in [4.69, 9.17) is 0 Å². The van der Waals surface area contributed by atoms with Crippen molar-refractivity contribution < 1.29 is 16.8 Å². The predicted molar refractivity (Wildman–Crippen MR) is 116 cm³/mol. The Morgan fingerprint density at radius 2 is 1.30 bits per heavy atom. The van der Waals surface area contributed by atoms with Gasteiger partial charge in [-0.2, -0.15) is 4.31 Å². The minimum Gasteiger partial charge on any atom is -0.219 e. The number of aryl methyl sites for hydroxylation is 1. The van der Waals surface area contributed by atoms with E-state index in [0.717, 1.165) is 5.56 Å². The number of hydrogen-bond acceptors (Lipinski definition) is 4. The zero-order valence-corrected chi connectivity index (χ0v) is 18.0. The second kappa shape index (κ2) is 7.83. The summed E-state index contributed by atoms with van der Waals surface area (Å²) in [5.41, 5.74) is 1.66. The van der Waals surface area contributed by atoms with Gasteiger partial charge < -0.3 is 0 Å². The summed E-state index contributed by atoms with van der Waals surface area (Å²) in [6, 6.07) is 23.0. The van der Waals surface area contributed by atoms with Crippen LogP contribution in [0.15, 0.2) is 106 Å². The Kier molecular flexibility index (Phi) is 5.36. The predicted octanol–water partition coefficient (Wildman–Crippen LogP) is 4.10. The Labute approximate surface area is 177 Å². The van der Waals surface area contributed by atoms with Gasteiger partial charge in [-0.3, -0.25) is 0 Å². The highest BCUT2D eigenvalue weighted by Crippen LogP contribution is 2.38. The van der Waals surface area contributed by atoms with Gasteiger partial charge in [0.15, 0.2) is 0 Å². The molecule has 1 unspecified atom stereocenters. The standard InChI is InChI=1S/C23H21NO4S2/c1-18-12-14-21(15-13-18)30(27,28)24-17-22(16-23(24)19-8-4-2-5-9-19)29(25,26)20-10-6-3-7-11-20/h2-16,23H,17H2,1H3. The Morgan fingerprint density at radius 1 is 0.733 bits per heavy atom. The highest BCUT2D eigenvalue weighted by Gasteiger charge is 2.40. The van der Waals surface area contributed by atoms with E-state index in [2.05, 4.69) is 0 Å². The summed E-state index contributed by atoms with van der Waals surface area (Å²) in [6.45, 7) is 1.66. The van der Waals surface area contributed by atoms with Crippen LogP contribution in [0, 0.1) is 6.92 Å². The molecule has 0 saturated carbocycles. The second-order valence-corrected chi connectivity index (χ2v) is 11.1. The maximum absolute atomic E-state index is 13.4. The Hall–Kier alpha value is -2.74. The van der Waals surface area contributed by atoms with Crippen LogP contribution in [0.2, 0.25) is 0 Å². The van der Waals surface area contributed by atoms with E-state index in [1.54, 1.807) is 60.7 Å². The molecule has 1 aliphatic rings. The van der Waals surface area contributed by atoms with Crippen molar-refractivity contribution >= 4 is 19.9 Å². The molecule has 0 bridgehead atoms. The third-order valence-electron chi connectivity index (χ3n) is 5.13. The number of sulfonamides is 1. The zero-order valence-electron chi connectivity index (χ0n) is 16.3. The average Bonchev–Trinajstić information content (AvgIpc) is 3.23. The van der Waals surface area contributed by atoms with Crippen LogP contribution in [0.4, 0.5) is 0 Å². The number of hydrogen-bond donors (Lipinski definition) is 0. The van der Waals surface area contributed by atoms with Crippen molar-refractivity contribution in [3.63, 3.8) is 0 Å². The molecule has 3 aromatic carbocycles. The van der Waals surface area contributed by atoms with Crippen molar-refractivity contribution in [1.29, 1.82) is 0 Å². The maximum Gasteiger partial charge on any atom is 0.244 e. The van der Waals surface area contributed by atoms with Crippen molar-refractivity contribution in [3.05, 3.63) is 107 Å². The van der Waals surface area contributed by atoms with E-state index in [1.807, 2.05) is 25.1 Å². The Bertz CT molecular complexity index is 1280. The number of benzene rings is 3. The fourth-order valence-electron chi connectivity index (χ4n) is 3.48. The first kappa shape index (κ1) is 20.5. The van der Waals surface area contributed by atoms with Crippen LogP contribution in [0.5, 0.6) is 0 Å². The molecule has 0 spiro atoms. The lowest BCUT2D eigenvalue weighted by Crippen LogP contribution is -2.32. The number of nitrogens with zero attached hydrogens (tertiary/aromatic N) is 1. The third kappa shape index (κ3) is 3.71. The van der Waals surface area contributed by atoms with E-state index in [-0.39, 0.29) is 21.2 Å². The first-order chi connectivity index (χ1) is 14.3. The summed E-state index contributed by atoms with van der Waals surface area (Å²) >= 11 is 0. The van der Waals surface area contributed by atoms with Crippen molar-refractivity contribution in [1.82, 2.24) is 4.31 Å². The Morgan fingerprint density at radius 3 is 1.90 bits per heavy atom. The van der Waals surface area contributed by atoms with Gasteiger partial charge in [0.1, 0.15) is 0 Å². The van der Waals surface area contributed by atoms with Crippen molar-refractivity contribution in [2.45, 2.75) is 22.8 Å². The normalized spacial score (nSPS) is 17.6. The molecule has 0 saturated heterocycles. The molecule has 1 heterocycles. The lowest BCUT2D eigenvalue weighted by atomic mass is 10.1. The highest BCUT2D eigenvalue weighted by molar-refractivity contribution is 7.95. The van der Waals surface area contributed by atoms with E-state index >= 15 is 0 Å². The van der Waals surface area contributed by atoms with Gasteiger partial charge in [-0.25, -0.2) is 16.8 Å². The molecular weight excluding hydrogens is 418 g/mol. The minimum atomic E-state index is -3.91. The molecule has 0 aromatic heterocycles. The third-order valence-corrected chi connectivity index (χ3v) is 8.82. The lowest BCUT2D eigenvalue weighted by Gasteiger charge is -2.24. The molecule has 154 valence electrons. The van der Waals surface area contributed by atoms with Crippen LogP contribution >= 0.6 is 0 Å². The Balaban J connectivity index is 1.81. The van der Waals surface area contributed by atoms with Crippen LogP contribution in [-0.2, 0) is 19.9 Å². The van der Waals surface area contributed by atoms with Gasteiger partial charge in [-0.1, -0.05) is 66.2 Å². The topological polar surface area (TPSA) is 71.5 Å². The average molecular weight is 440 g/mol. The fraction of sp³-hybridized carbons (Fsp3) is 0.130. The highest BCUT2D eigenvalue weighted by atomic mass is 32.2. The summed E-state index contributed by atoms with van der Waals surface area (Å²) in [4.78, 5) is 0.372. The second-order valence-electron chi connectivity index (χ2n) is 7.17. The van der Waals surface area contributed by atoms with Gasteiger partial charge in [0.2, 0.25) is 19.9 Å². The molecular formula is C23H21NO4S2. The van der Waals surface area contributed by atoms with Crippen molar-refractivity contribution in [2.75, 3.05) is 6.54 Å². The number of sulfone groups is 1. The van der Waals surface area contributed by atoms with Crippen LogP contribution in [0.3, 0.4) is 0 Å². The van der Waals surface area contributed by atoms with Crippen LogP contribution < -0.4 is 0 Å². The molecule has 1 aliphatic heterocycles. The summed E-state index contributed by atoms with van der Waals surface area (Å²) in [7, 11) is -7.72. The molecule has 30 heavy (non-hydrogen) atoms. The largest absolute Gasteiger partial charge is 0.244 e. The SMILES string of the molecule is Cc1ccc(S(=O)(=O)N2CC(S(=O)(=O)c3ccccc3)=CC2c2ccccc2)cc1. The summed E-state index contributed by atoms with van der Waals surface area (Å²) in [5.74, 6) is 0. The fourth-order valence-corrected chi connectivity index (χ4v) is 6.54. The molecule has 0 radical (unpaired) electrons. The quantitative estimate of drug-likeness (QED) is 0.600. The first-order valence-corrected chi connectivity index (χ1v) is 12.4. The van der Waals surface area contributed by atoms with Gasteiger partial charge in [-0.15, -0.1) is 0 Å². The monoisotopic (exact) mass is 439 g/mol. The molecule has 4 rings (SSSR count). The number of rotatable bonds is 5. The smallest absolute Gasteiger partial charge is 0.219 e. The zero-order chi connectivity index (χ0) is 21.4. The van der Waals surface area contributed by atoms with E-state index < -0.39 is 25.9 Å². The van der Waals surface area contributed by atoms with Crippen molar-refractivity contribution in [3.8, 4) is 0 Å². The summed E-state index contributed by atoms with van der Waals surface area (Å²) in [5, 5.41) is 0. The summed E-state index contributed by atoms with van der Waals surface area (Å²) in [6.07, 6.45) is 1.55. The molecule has 0 N–H and O–H groups in total. The molecule has 0 aliphatic carbocycles. The molecule has 7 heteroatoms. The van der Waals surface area contributed by atoms with E-state index in [1.165, 1.54) is 16.4 Å². The van der Waals surface area contributed by atoms with Crippen LogP contribution in [0.1, 0.15) is 17.2 Å². The van der Waals surface area contributed by atoms with E-state index in [0.29, 0.717) is 5.56 Å². The van der Waals surface area contributed by atoms with Gasteiger partial charge in [0.05, 0.1) is 27.3 Å². The molecule has 5 nitrogen and oxygen atoms in total. The van der Waals surface area contributed by atoms with Gasteiger partial charge >= 0.3 is 0 Å². The van der Waals surface area contributed by atoms with Crippen LogP contribution in [-0.4, -0.2) is 27.7 Å². The van der Waals surface area contributed by atoms with Crippen molar-refractivity contribution in [2.24, 2.45) is 0 Å². The first-order valence-electron chi connectivity index (χ1n) is 9.44.